The number of anilines is 6. The lowest BCUT2D eigenvalue weighted by Crippen LogP contribution is -2.26. The zero-order valence-electron chi connectivity index (χ0n) is 32.9. The van der Waals surface area contributed by atoms with E-state index in [0.29, 0.717) is 0 Å². The number of hydrogen-bond donors (Lipinski definition) is 0. The van der Waals surface area contributed by atoms with Crippen molar-refractivity contribution in [2.45, 2.75) is 5.41 Å². The van der Waals surface area contributed by atoms with Crippen LogP contribution in [-0.2, 0) is 5.41 Å². The molecule has 288 valence electrons. The van der Waals surface area contributed by atoms with Crippen LogP contribution in [0, 0.1) is 11.6 Å². The van der Waals surface area contributed by atoms with Crippen LogP contribution in [0.15, 0.2) is 218 Å². The van der Waals surface area contributed by atoms with Crippen LogP contribution < -0.4 is 9.80 Å². The van der Waals surface area contributed by atoms with Gasteiger partial charge in [-0.2, -0.15) is 0 Å². The fraction of sp³-hybridized carbons (Fsp3) is 0.0175. The van der Waals surface area contributed by atoms with Gasteiger partial charge in [0.15, 0.2) is 0 Å². The minimum atomic E-state index is -0.605. The van der Waals surface area contributed by atoms with E-state index < -0.39 is 5.41 Å². The van der Waals surface area contributed by atoms with E-state index in [-0.39, 0.29) is 11.6 Å². The Kier molecular flexibility index (Phi) is 7.85. The maximum absolute atomic E-state index is 14.2. The number of halogens is 2. The molecule has 4 heteroatoms. The van der Waals surface area contributed by atoms with E-state index in [2.05, 4.69) is 143 Å². The highest BCUT2D eigenvalue weighted by Gasteiger charge is 2.53. The number of rotatable bonds is 6. The van der Waals surface area contributed by atoms with Gasteiger partial charge in [-0.1, -0.05) is 121 Å². The summed E-state index contributed by atoms with van der Waals surface area (Å²) in [5.41, 5.74) is 15.2. The Labute approximate surface area is 352 Å². The quantitative estimate of drug-likeness (QED) is 0.166. The fourth-order valence-corrected chi connectivity index (χ4v) is 10.3. The zero-order valence-corrected chi connectivity index (χ0v) is 32.9. The lowest BCUT2D eigenvalue weighted by atomic mass is 9.68. The highest BCUT2D eigenvalue weighted by molar-refractivity contribution is 6.10. The van der Waals surface area contributed by atoms with Crippen molar-refractivity contribution in [3.63, 3.8) is 0 Å². The van der Waals surface area contributed by atoms with Crippen LogP contribution >= 0.6 is 0 Å². The number of hydrogen-bond acceptors (Lipinski definition) is 2. The van der Waals surface area contributed by atoms with Gasteiger partial charge in [0.1, 0.15) is 11.6 Å². The third-order valence-corrected chi connectivity index (χ3v) is 12.7. The first kappa shape index (κ1) is 35.2. The van der Waals surface area contributed by atoms with Crippen LogP contribution in [0.3, 0.4) is 0 Å². The number of nitrogens with zero attached hydrogens (tertiary/aromatic N) is 2. The smallest absolute Gasteiger partial charge is 0.123 e. The maximum atomic E-state index is 14.2. The second-order valence-electron chi connectivity index (χ2n) is 15.9. The molecule has 0 amide bonds. The van der Waals surface area contributed by atoms with E-state index in [1.165, 1.54) is 79.5 Å². The normalized spacial score (nSPS) is 12.9. The van der Waals surface area contributed by atoms with Crippen molar-refractivity contribution >= 4 is 55.7 Å². The molecule has 12 rings (SSSR count). The van der Waals surface area contributed by atoms with Gasteiger partial charge >= 0.3 is 0 Å². The highest BCUT2D eigenvalue weighted by atomic mass is 19.1. The van der Waals surface area contributed by atoms with Gasteiger partial charge in [0, 0.05) is 34.1 Å². The van der Waals surface area contributed by atoms with Gasteiger partial charge in [0.2, 0.25) is 0 Å². The largest absolute Gasteiger partial charge is 0.310 e. The summed E-state index contributed by atoms with van der Waals surface area (Å²) in [7, 11) is 0. The van der Waals surface area contributed by atoms with Crippen molar-refractivity contribution in [3.05, 3.63) is 252 Å². The third kappa shape index (κ3) is 5.25. The van der Waals surface area contributed by atoms with Crippen LogP contribution in [0.5, 0.6) is 0 Å². The predicted octanol–water partition coefficient (Wildman–Crippen LogP) is 15.6. The monoisotopic (exact) mass is 786 g/mol. The summed E-state index contributed by atoms with van der Waals surface area (Å²) < 4.78 is 28.5. The van der Waals surface area contributed by atoms with Crippen LogP contribution in [0.2, 0.25) is 0 Å². The number of benzene rings is 10. The van der Waals surface area contributed by atoms with Gasteiger partial charge < -0.3 is 9.80 Å². The van der Waals surface area contributed by atoms with Crippen LogP contribution in [-0.4, -0.2) is 0 Å². The molecule has 10 aromatic carbocycles. The highest BCUT2D eigenvalue weighted by Crippen LogP contribution is 2.65. The Bertz CT molecular complexity index is 3100. The topological polar surface area (TPSA) is 6.48 Å². The first-order valence-electron chi connectivity index (χ1n) is 20.6. The second kappa shape index (κ2) is 13.6. The van der Waals surface area contributed by atoms with E-state index in [1.54, 1.807) is 0 Å². The van der Waals surface area contributed by atoms with Crippen LogP contribution in [0.1, 0.15) is 22.3 Å². The lowest BCUT2D eigenvalue weighted by Gasteiger charge is -2.33. The molecular weight excluding hydrogens is 751 g/mol. The molecule has 61 heavy (non-hydrogen) atoms. The Morgan fingerprint density at radius 2 is 0.656 bits per heavy atom. The lowest BCUT2D eigenvalue weighted by molar-refractivity contribution is 0.627. The first-order chi connectivity index (χ1) is 30.1. The molecule has 0 bridgehead atoms. The van der Waals surface area contributed by atoms with Crippen molar-refractivity contribution in [2.75, 3.05) is 9.80 Å². The summed E-state index contributed by atoms with van der Waals surface area (Å²) in [4.78, 5) is 4.37. The molecule has 2 aliphatic carbocycles. The van der Waals surface area contributed by atoms with Crippen molar-refractivity contribution in [1.82, 2.24) is 0 Å². The van der Waals surface area contributed by atoms with Crippen molar-refractivity contribution in [1.29, 1.82) is 0 Å². The van der Waals surface area contributed by atoms with Crippen molar-refractivity contribution in [3.8, 4) is 22.3 Å². The van der Waals surface area contributed by atoms with Crippen molar-refractivity contribution < 1.29 is 8.78 Å². The molecule has 10 aromatic rings. The molecule has 2 aliphatic rings. The minimum absolute atomic E-state index is 0.266. The maximum Gasteiger partial charge on any atom is 0.123 e. The average Bonchev–Trinajstić information content (AvgIpc) is 3.79. The SMILES string of the molecule is Fc1ccc(N(c2ccccc2)c2ccc3c4c(ccc3c2)-c2ccc3cc(N(c5ccccc5)c5ccc(F)cc5)ccc3c2C42c3ccccc3-c3ccccc32)cc1. The molecule has 2 nitrogen and oxygen atoms in total. The van der Waals surface area contributed by atoms with E-state index >= 15 is 0 Å². The summed E-state index contributed by atoms with van der Waals surface area (Å²) >= 11 is 0. The summed E-state index contributed by atoms with van der Waals surface area (Å²) in [6.45, 7) is 0. The molecule has 0 saturated carbocycles. The molecule has 0 heterocycles. The van der Waals surface area contributed by atoms with Gasteiger partial charge in [0.05, 0.1) is 5.41 Å². The Morgan fingerprint density at radius 1 is 0.295 bits per heavy atom. The second-order valence-corrected chi connectivity index (χ2v) is 15.9. The Balaban J connectivity index is 1.11. The van der Waals surface area contributed by atoms with E-state index in [9.17, 15) is 8.78 Å². The van der Waals surface area contributed by atoms with Crippen LogP contribution in [0.25, 0.3) is 43.8 Å². The first-order valence-corrected chi connectivity index (χ1v) is 20.6. The standard InChI is InChI=1S/C57H36F2N2/c58-39-21-25-43(26-22-39)60(41-11-3-1-4-12-41)45-29-33-47-37(35-45)19-31-51-52-32-20-38-36-46(61(42-13-5-2-6-14-42)44-27-23-40(59)24-28-44)30-34-48(38)56(52)57(55(47)51)53-17-9-7-15-49(53)50-16-8-10-18-54(50)57/h1-36H. The zero-order chi connectivity index (χ0) is 40.7. The molecule has 0 unspecified atom stereocenters. The van der Waals surface area contributed by atoms with Gasteiger partial charge in [-0.25, -0.2) is 8.78 Å². The molecule has 0 atom stereocenters. The molecule has 1 spiro atoms. The Hall–Kier alpha value is -7.82. The molecule has 0 N–H and O–H groups in total. The van der Waals surface area contributed by atoms with Crippen LogP contribution in [0.4, 0.5) is 42.9 Å². The molecule has 0 saturated heterocycles. The van der Waals surface area contributed by atoms with E-state index in [0.717, 1.165) is 44.9 Å². The summed E-state index contributed by atoms with van der Waals surface area (Å²) in [5, 5.41) is 4.62. The molecule has 0 aromatic heterocycles. The van der Waals surface area contributed by atoms with Gasteiger partial charge in [-0.3, -0.25) is 0 Å². The molecule has 0 radical (unpaired) electrons. The average molecular weight is 787 g/mol. The van der Waals surface area contributed by atoms with E-state index in [4.69, 9.17) is 0 Å². The van der Waals surface area contributed by atoms with Gasteiger partial charge in [-0.15, -0.1) is 0 Å². The van der Waals surface area contributed by atoms with Gasteiger partial charge in [0.25, 0.3) is 0 Å². The Morgan fingerprint density at radius 3 is 1.08 bits per heavy atom. The minimum Gasteiger partial charge on any atom is -0.310 e. The number of para-hydroxylation sites is 2. The summed E-state index contributed by atoms with van der Waals surface area (Å²) in [6, 6.07) is 74.5. The summed E-state index contributed by atoms with van der Waals surface area (Å²) in [6.07, 6.45) is 0. The molecule has 0 fully saturated rings. The van der Waals surface area contributed by atoms with E-state index in [1.807, 2.05) is 60.7 Å². The predicted molar refractivity (Wildman–Crippen MR) is 247 cm³/mol. The summed E-state index contributed by atoms with van der Waals surface area (Å²) in [5.74, 6) is -0.532. The molecular formula is C57H36F2N2. The number of fused-ring (bicyclic) bond motifs is 14. The third-order valence-electron chi connectivity index (χ3n) is 12.7. The molecule has 0 aliphatic heterocycles. The van der Waals surface area contributed by atoms with Crippen molar-refractivity contribution in [2.24, 2.45) is 0 Å². The fourth-order valence-electron chi connectivity index (χ4n) is 10.3. The van der Waals surface area contributed by atoms with Gasteiger partial charge in [-0.05, 0) is 163 Å².